The van der Waals surface area contributed by atoms with Crippen molar-refractivity contribution in [2.75, 3.05) is 35.9 Å². The van der Waals surface area contributed by atoms with Crippen molar-refractivity contribution in [3.05, 3.63) is 78.9 Å². The first kappa shape index (κ1) is 27.6. The van der Waals surface area contributed by atoms with Crippen LogP contribution in [0.5, 0.6) is 5.75 Å². The number of piperidine rings is 1. The molecule has 1 N–H and O–H groups in total. The van der Waals surface area contributed by atoms with E-state index in [0.29, 0.717) is 31.1 Å². The van der Waals surface area contributed by atoms with Crippen LogP contribution in [0, 0.1) is 0 Å². The quantitative estimate of drug-likeness (QED) is 0.402. The lowest BCUT2D eigenvalue weighted by Crippen LogP contribution is -2.38. The molecule has 1 heterocycles. The summed E-state index contributed by atoms with van der Waals surface area (Å²) >= 11 is 0. The monoisotopic (exact) mass is 557 g/mol. The predicted octanol–water partition coefficient (Wildman–Crippen LogP) is 4.09. The highest BCUT2D eigenvalue weighted by Gasteiger charge is 2.30. The second-order valence-electron chi connectivity index (χ2n) is 8.76. The molecule has 38 heavy (non-hydrogen) atoms. The predicted molar refractivity (Wildman–Crippen MR) is 146 cm³/mol. The van der Waals surface area contributed by atoms with E-state index < -0.39 is 32.5 Å². The molecule has 0 atom stereocenters. The van der Waals surface area contributed by atoms with Crippen LogP contribution in [0.4, 0.5) is 11.4 Å². The topological polar surface area (TPSA) is 113 Å². The van der Waals surface area contributed by atoms with Crippen LogP contribution in [0.2, 0.25) is 0 Å². The van der Waals surface area contributed by atoms with Crippen molar-refractivity contribution >= 4 is 37.3 Å². The molecule has 202 valence electrons. The summed E-state index contributed by atoms with van der Waals surface area (Å²) in [6.07, 6.45) is 2.69. The van der Waals surface area contributed by atoms with Gasteiger partial charge < -0.3 is 10.1 Å². The smallest absolute Gasteiger partial charge is 0.264 e. The molecule has 0 aliphatic carbocycles. The first-order chi connectivity index (χ1) is 18.2. The molecule has 1 amide bonds. The van der Waals surface area contributed by atoms with E-state index in [4.69, 9.17) is 4.74 Å². The SMILES string of the molecule is CCOc1ccccc1N(CC(=O)Nc1ccc(S(=O)(=O)N2CCCCC2)cc1)S(=O)(=O)c1ccccc1. The number of hydrogen-bond acceptors (Lipinski definition) is 6. The van der Waals surface area contributed by atoms with Gasteiger partial charge in [-0.25, -0.2) is 16.8 Å². The van der Waals surface area contributed by atoms with Crippen LogP contribution in [-0.4, -0.2) is 53.3 Å². The van der Waals surface area contributed by atoms with Gasteiger partial charge >= 0.3 is 0 Å². The number of amides is 1. The maximum absolute atomic E-state index is 13.6. The van der Waals surface area contributed by atoms with Gasteiger partial charge in [-0.3, -0.25) is 9.10 Å². The average molecular weight is 558 g/mol. The molecule has 0 bridgehead atoms. The van der Waals surface area contributed by atoms with Crippen LogP contribution in [0.25, 0.3) is 0 Å². The van der Waals surface area contributed by atoms with Gasteiger partial charge in [0.25, 0.3) is 10.0 Å². The van der Waals surface area contributed by atoms with Crippen LogP contribution in [-0.2, 0) is 24.8 Å². The number of rotatable bonds is 10. The maximum Gasteiger partial charge on any atom is 0.264 e. The van der Waals surface area contributed by atoms with E-state index in [1.165, 1.54) is 40.7 Å². The van der Waals surface area contributed by atoms with Gasteiger partial charge in [-0.2, -0.15) is 4.31 Å². The Balaban J connectivity index is 1.57. The summed E-state index contributed by atoms with van der Waals surface area (Å²) in [4.78, 5) is 13.3. The normalized spacial score (nSPS) is 14.6. The van der Waals surface area contributed by atoms with Crippen molar-refractivity contribution in [1.82, 2.24) is 4.31 Å². The molecule has 3 aromatic carbocycles. The van der Waals surface area contributed by atoms with Crippen LogP contribution in [0.15, 0.2) is 88.7 Å². The maximum atomic E-state index is 13.6. The molecule has 1 aliphatic heterocycles. The number of para-hydroxylation sites is 2. The zero-order chi connectivity index (χ0) is 27.2. The Morgan fingerprint density at radius 3 is 2.13 bits per heavy atom. The standard InChI is InChI=1S/C27H31N3O6S2/c1-2-36-26-14-8-7-13-25(26)30(38(34,35)23-11-5-3-6-12-23)21-27(31)28-22-15-17-24(18-16-22)37(32,33)29-19-9-4-10-20-29/h3,5-8,11-18H,2,4,9-10,19-21H2,1H3,(H,28,31). The first-order valence-electron chi connectivity index (χ1n) is 12.4. The van der Waals surface area contributed by atoms with Gasteiger partial charge in [0.15, 0.2) is 0 Å². The molecule has 9 nitrogen and oxygen atoms in total. The fraction of sp³-hybridized carbons (Fsp3) is 0.296. The number of hydrogen-bond donors (Lipinski definition) is 1. The van der Waals surface area contributed by atoms with Gasteiger partial charge in [0, 0.05) is 18.8 Å². The average Bonchev–Trinajstić information content (AvgIpc) is 2.93. The lowest BCUT2D eigenvalue weighted by atomic mass is 10.2. The summed E-state index contributed by atoms with van der Waals surface area (Å²) in [6, 6.07) is 20.4. The molecule has 0 spiro atoms. The molecule has 0 aromatic heterocycles. The number of carbonyl (C=O) groups excluding carboxylic acids is 1. The van der Waals surface area contributed by atoms with Gasteiger partial charge in [0.1, 0.15) is 12.3 Å². The summed E-state index contributed by atoms with van der Waals surface area (Å²) in [7, 11) is -7.72. The van der Waals surface area contributed by atoms with Crippen molar-refractivity contribution in [2.24, 2.45) is 0 Å². The van der Waals surface area contributed by atoms with E-state index in [1.807, 2.05) is 0 Å². The molecular formula is C27H31N3O6S2. The lowest BCUT2D eigenvalue weighted by Gasteiger charge is -2.26. The molecule has 3 aromatic rings. The van der Waals surface area contributed by atoms with Gasteiger partial charge in [-0.15, -0.1) is 0 Å². The third kappa shape index (κ3) is 6.17. The zero-order valence-electron chi connectivity index (χ0n) is 21.1. The van der Waals surface area contributed by atoms with Gasteiger partial charge in [-0.1, -0.05) is 36.8 Å². The molecular weight excluding hydrogens is 526 g/mol. The molecule has 0 radical (unpaired) electrons. The lowest BCUT2D eigenvalue weighted by molar-refractivity contribution is -0.114. The van der Waals surface area contributed by atoms with Crippen molar-refractivity contribution in [1.29, 1.82) is 0 Å². The summed E-state index contributed by atoms with van der Waals surface area (Å²) in [5.41, 5.74) is 0.582. The number of nitrogens with one attached hydrogen (secondary N) is 1. The second-order valence-corrected chi connectivity index (χ2v) is 12.6. The summed E-state index contributed by atoms with van der Waals surface area (Å²) in [5.74, 6) is -0.267. The molecule has 0 saturated carbocycles. The Kier molecular flexibility index (Phi) is 8.70. The highest BCUT2D eigenvalue weighted by atomic mass is 32.2. The third-order valence-corrected chi connectivity index (χ3v) is 9.83. The Morgan fingerprint density at radius 1 is 0.842 bits per heavy atom. The molecule has 0 unspecified atom stereocenters. The second kappa shape index (κ2) is 12.0. The Labute approximate surface area is 224 Å². The van der Waals surface area contributed by atoms with Gasteiger partial charge in [0.05, 0.1) is 22.1 Å². The van der Waals surface area contributed by atoms with E-state index in [9.17, 15) is 21.6 Å². The fourth-order valence-electron chi connectivity index (χ4n) is 4.26. The number of nitrogens with zero attached hydrogens (tertiary/aromatic N) is 2. The largest absolute Gasteiger partial charge is 0.492 e. The minimum Gasteiger partial charge on any atom is -0.492 e. The minimum atomic E-state index is -4.11. The summed E-state index contributed by atoms with van der Waals surface area (Å²) < 4.78 is 61.2. The van der Waals surface area contributed by atoms with E-state index in [2.05, 4.69) is 5.32 Å². The number of anilines is 2. The van der Waals surface area contributed by atoms with Crippen LogP contribution in [0.1, 0.15) is 26.2 Å². The Bertz CT molecular complexity index is 1450. The molecule has 1 aliphatic rings. The number of benzene rings is 3. The van der Waals surface area contributed by atoms with Crippen molar-refractivity contribution < 1.29 is 26.4 Å². The van der Waals surface area contributed by atoms with Crippen LogP contribution in [0.3, 0.4) is 0 Å². The van der Waals surface area contributed by atoms with E-state index >= 15 is 0 Å². The molecule has 1 saturated heterocycles. The Hall–Kier alpha value is -3.41. The summed E-state index contributed by atoms with van der Waals surface area (Å²) in [6.45, 7) is 2.57. The molecule has 4 rings (SSSR count). The zero-order valence-corrected chi connectivity index (χ0v) is 22.7. The van der Waals surface area contributed by atoms with E-state index in [1.54, 1.807) is 49.4 Å². The van der Waals surface area contributed by atoms with Crippen LogP contribution >= 0.6 is 0 Å². The fourth-order valence-corrected chi connectivity index (χ4v) is 7.23. The van der Waals surface area contributed by atoms with Crippen LogP contribution < -0.4 is 14.4 Å². The van der Waals surface area contributed by atoms with E-state index in [0.717, 1.165) is 23.6 Å². The highest BCUT2D eigenvalue weighted by molar-refractivity contribution is 7.93. The van der Waals surface area contributed by atoms with Gasteiger partial charge in [0.2, 0.25) is 15.9 Å². The van der Waals surface area contributed by atoms with E-state index in [-0.39, 0.29) is 15.5 Å². The van der Waals surface area contributed by atoms with Crippen molar-refractivity contribution in [3.8, 4) is 5.75 Å². The Morgan fingerprint density at radius 2 is 1.47 bits per heavy atom. The third-order valence-electron chi connectivity index (χ3n) is 6.14. The number of ether oxygens (including phenoxy) is 1. The highest BCUT2D eigenvalue weighted by Crippen LogP contribution is 2.32. The van der Waals surface area contributed by atoms with Gasteiger partial charge in [-0.05, 0) is 68.3 Å². The molecule has 11 heteroatoms. The number of sulfonamides is 2. The van der Waals surface area contributed by atoms with Crippen molar-refractivity contribution in [3.63, 3.8) is 0 Å². The first-order valence-corrected chi connectivity index (χ1v) is 15.3. The minimum absolute atomic E-state index is 0.0337. The summed E-state index contributed by atoms with van der Waals surface area (Å²) in [5, 5.41) is 2.68. The number of carbonyl (C=O) groups is 1. The van der Waals surface area contributed by atoms with Crippen molar-refractivity contribution in [2.45, 2.75) is 36.0 Å². The molecule has 1 fully saturated rings.